The van der Waals surface area contributed by atoms with Crippen molar-refractivity contribution in [1.29, 1.82) is 0 Å². The Balaban J connectivity index is 1.86. The van der Waals surface area contributed by atoms with Crippen molar-refractivity contribution in [3.05, 3.63) is 65.2 Å². The van der Waals surface area contributed by atoms with E-state index in [1.54, 1.807) is 24.3 Å². The first kappa shape index (κ1) is 19.5. The Bertz CT molecular complexity index is 723. The van der Waals surface area contributed by atoms with Crippen LogP contribution in [-0.4, -0.2) is 25.1 Å². The first-order valence-corrected chi connectivity index (χ1v) is 8.79. The van der Waals surface area contributed by atoms with Crippen molar-refractivity contribution in [3.8, 4) is 5.75 Å². The van der Waals surface area contributed by atoms with Gasteiger partial charge in [-0.15, -0.1) is 0 Å². The molecule has 1 amide bonds. The molecule has 0 aliphatic heterocycles. The minimum Gasteiger partial charge on any atom is -0.494 e. The molecule has 0 saturated heterocycles. The maximum absolute atomic E-state index is 12.1. The molecule has 0 saturated carbocycles. The van der Waals surface area contributed by atoms with E-state index in [4.69, 9.17) is 9.47 Å². The summed E-state index contributed by atoms with van der Waals surface area (Å²) < 4.78 is 10.4. The van der Waals surface area contributed by atoms with E-state index in [1.165, 1.54) is 5.56 Å². The summed E-state index contributed by atoms with van der Waals surface area (Å²) in [5, 5.41) is 2.90. The van der Waals surface area contributed by atoms with Gasteiger partial charge in [-0.2, -0.15) is 0 Å². The Morgan fingerprint density at radius 1 is 1.00 bits per heavy atom. The van der Waals surface area contributed by atoms with Crippen LogP contribution in [0.15, 0.2) is 48.5 Å². The minimum absolute atomic E-state index is 0.104. The largest absolute Gasteiger partial charge is 0.494 e. The van der Waals surface area contributed by atoms with Crippen LogP contribution in [0.25, 0.3) is 0 Å². The van der Waals surface area contributed by atoms with Crippen LogP contribution >= 0.6 is 0 Å². The van der Waals surface area contributed by atoms with E-state index < -0.39 is 5.97 Å². The second-order valence-corrected chi connectivity index (χ2v) is 5.97. The van der Waals surface area contributed by atoms with Crippen LogP contribution in [-0.2, 0) is 9.53 Å². The lowest BCUT2D eigenvalue weighted by atomic mass is 10.0. The summed E-state index contributed by atoms with van der Waals surface area (Å²) in [7, 11) is 0. The van der Waals surface area contributed by atoms with E-state index in [0.717, 1.165) is 12.0 Å². The third-order valence-electron chi connectivity index (χ3n) is 3.96. The maximum Gasteiger partial charge on any atom is 0.338 e. The lowest BCUT2D eigenvalue weighted by Gasteiger charge is -2.17. The van der Waals surface area contributed by atoms with Crippen LogP contribution in [0, 0.1) is 6.92 Å². The topological polar surface area (TPSA) is 64.6 Å². The molecule has 5 nitrogen and oxygen atoms in total. The molecule has 0 spiro atoms. The fraction of sp³-hybridized carbons (Fsp3) is 0.333. The molecule has 138 valence electrons. The summed E-state index contributed by atoms with van der Waals surface area (Å²) in [6.45, 7) is 6.15. The van der Waals surface area contributed by atoms with Crippen molar-refractivity contribution < 1.29 is 19.1 Å². The van der Waals surface area contributed by atoms with Gasteiger partial charge in [-0.05, 0) is 50.1 Å². The molecule has 0 radical (unpaired) electrons. The Labute approximate surface area is 154 Å². The number of carbonyl (C=O) groups excluding carboxylic acids is 2. The molecule has 0 aromatic heterocycles. The number of hydrogen-bond donors (Lipinski definition) is 1. The molecule has 2 rings (SSSR count). The molecule has 0 aliphatic rings. The molecule has 1 N–H and O–H groups in total. The fourth-order valence-electron chi connectivity index (χ4n) is 2.52. The average Bonchev–Trinajstić information content (AvgIpc) is 2.66. The molecule has 0 unspecified atom stereocenters. The zero-order valence-electron chi connectivity index (χ0n) is 15.5. The van der Waals surface area contributed by atoms with Crippen LogP contribution in [0.1, 0.15) is 47.8 Å². The SMILES string of the molecule is CCOc1ccc(C(=O)OCC(=O)N[C@@H](CC)c2ccc(C)cc2)cc1. The number of aryl methyl sites for hydroxylation is 1. The zero-order chi connectivity index (χ0) is 18.9. The molecule has 0 fully saturated rings. The smallest absolute Gasteiger partial charge is 0.338 e. The van der Waals surface area contributed by atoms with Gasteiger partial charge < -0.3 is 14.8 Å². The number of hydrogen-bond acceptors (Lipinski definition) is 4. The molecule has 1 atom stereocenters. The summed E-state index contributed by atoms with van der Waals surface area (Å²) in [6.07, 6.45) is 0.752. The number of ether oxygens (including phenoxy) is 2. The van der Waals surface area contributed by atoms with Crippen LogP contribution in [0.2, 0.25) is 0 Å². The molecular weight excluding hydrogens is 330 g/mol. The van der Waals surface area contributed by atoms with Gasteiger partial charge in [0.25, 0.3) is 5.91 Å². The predicted octanol–water partition coefficient (Wildman–Crippen LogP) is 3.82. The Hall–Kier alpha value is -2.82. The first-order valence-electron chi connectivity index (χ1n) is 8.79. The minimum atomic E-state index is -0.536. The van der Waals surface area contributed by atoms with Crippen LogP contribution in [0.5, 0.6) is 5.75 Å². The summed E-state index contributed by atoms with van der Waals surface area (Å²) in [6, 6.07) is 14.5. The quantitative estimate of drug-likeness (QED) is 0.731. The predicted molar refractivity (Wildman–Crippen MR) is 100 cm³/mol. The molecule has 2 aromatic carbocycles. The van der Waals surface area contributed by atoms with Gasteiger partial charge in [-0.25, -0.2) is 4.79 Å². The van der Waals surface area contributed by atoms with Crippen molar-refractivity contribution in [2.75, 3.05) is 13.2 Å². The lowest BCUT2D eigenvalue weighted by Crippen LogP contribution is -2.32. The van der Waals surface area contributed by atoms with Gasteiger partial charge in [-0.1, -0.05) is 36.8 Å². The molecule has 2 aromatic rings. The van der Waals surface area contributed by atoms with Gasteiger partial charge in [-0.3, -0.25) is 4.79 Å². The van der Waals surface area contributed by atoms with Crippen molar-refractivity contribution in [2.24, 2.45) is 0 Å². The van der Waals surface area contributed by atoms with Gasteiger partial charge in [0.2, 0.25) is 0 Å². The van der Waals surface area contributed by atoms with Crippen molar-refractivity contribution in [1.82, 2.24) is 5.32 Å². The number of nitrogens with one attached hydrogen (secondary N) is 1. The first-order chi connectivity index (χ1) is 12.5. The Morgan fingerprint density at radius 3 is 2.23 bits per heavy atom. The zero-order valence-corrected chi connectivity index (χ0v) is 15.5. The molecule has 26 heavy (non-hydrogen) atoms. The highest BCUT2D eigenvalue weighted by atomic mass is 16.5. The summed E-state index contributed by atoms with van der Waals surface area (Å²) in [5.74, 6) is -0.172. The molecule has 5 heteroatoms. The normalized spacial score (nSPS) is 11.5. The third-order valence-corrected chi connectivity index (χ3v) is 3.96. The highest BCUT2D eigenvalue weighted by molar-refractivity contribution is 5.91. The number of rotatable bonds is 8. The number of esters is 1. The molecule has 0 bridgehead atoms. The lowest BCUT2D eigenvalue weighted by molar-refractivity contribution is -0.125. The van der Waals surface area contributed by atoms with Crippen molar-refractivity contribution in [2.45, 2.75) is 33.2 Å². The van der Waals surface area contributed by atoms with E-state index in [9.17, 15) is 9.59 Å². The summed E-state index contributed by atoms with van der Waals surface area (Å²) in [4.78, 5) is 24.2. The van der Waals surface area contributed by atoms with E-state index in [0.29, 0.717) is 17.9 Å². The summed E-state index contributed by atoms with van der Waals surface area (Å²) >= 11 is 0. The third kappa shape index (κ3) is 5.62. The van der Waals surface area contributed by atoms with Gasteiger partial charge in [0.15, 0.2) is 6.61 Å². The monoisotopic (exact) mass is 355 g/mol. The number of amides is 1. The molecular formula is C21H25NO4. The Kier molecular flexibility index (Phi) is 7.21. The van der Waals surface area contributed by atoms with Gasteiger partial charge >= 0.3 is 5.97 Å². The van der Waals surface area contributed by atoms with E-state index in [1.807, 2.05) is 45.0 Å². The molecule has 0 heterocycles. The van der Waals surface area contributed by atoms with E-state index in [-0.39, 0.29) is 18.6 Å². The Morgan fingerprint density at radius 2 is 1.65 bits per heavy atom. The van der Waals surface area contributed by atoms with Crippen LogP contribution < -0.4 is 10.1 Å². The van der Waals surface area contributed by atoms with Crippen molar-refractivity contribution in [3.63, 3.8) is 0 Å². The highest BCUT2D eigenvalue weighted by Crippen LogP contribution is 2.17. The van der Waals surface area contributed by atoms with Crippen LogP contribution in [0.3, 0.4) is 0 Å². The second-order valence-electron chi connectivity index (χ2n) is 5.97. The average molecular weight is 355 g/mol. The maximum atomic E-state index is 12.1. The number of benzene rings is 2. The van der Waals surface area contributed by atoms with E-state index in [2.05, 4.69) is 5.32 Å². The van der Waals surface area contributed by atoms with Crippen LogP contribution in [0.4, 0.5) is 0 Å². The summed E-state index contributed by atoms with van der Waals surface area (Å²) in [5.41, 5.74) is 2.58. The standard InChI is InChI=1S/C21H25NO4/c1-4-19(16-8-6-15(3)7-9-16)22-20(23)14-26-21(24)17-10-12-18(13-11-17)25-5-2/h6-13,19H,4-5,14H2,1-3H3,(H,22,23)/t19-/m0/s1. The van der Waals surface area contributed by atoms with Gasteiger partial charge in [0.05, 0.1) is 18.2 Å². The highest BCUT2D eigenvalue weighted by Gasteiger charge is 2.15. The second kappa shape index (κ2) is 9.61. The van der Waals surface area contributed by atoms with Crippen molar-refractivity contribution >= 4 is 11.9 Å². The van der Waals surface area contributed by atoms with Gasteiger partial charge in [0, 0.05) is 0 Å². The van der Waals surface area contributed by atoms with Gasteiger partial charge in [0.1, 0.15) is 5.75 Å². The number of carbonyl (C=O) groups is 2. The molecule has 0 aliphatic carbocycles. The van der Waals surface area contributed by atoms with E-state index >= 15 is 0 Å². The fourth-order valence-corrected chi connectivity index (χ4v) is 2.52.